The van der Waals surface area contributed by atoms with Crippen molar-refractivity contribution in [1.29, 1.82) is 0 Å². The quantitative estimate of drug-likeness (QED) is 0.188. The molecular formula is C24H28FIN6. The van der Waals surface area contributed by atoms with Gasteiger partial charge in [0.2, 0.25) is 0 Å². The van der Waals surface area contributed by atoms with E-state index in [0.29, 0.717) is 13.1 Å². The molecule has 0 aliphatic carbocycles. The fraction of sp³-hybridized carbons (Fsp3) is 0.250. The highest BCUT2D eigenvalue weighted by Gasteiger charge is 2.10. The summed E-state index contributed by atoms with van der Waals surface area (Å²) in [5.41, 5.74) is 6.26. The Morgan fingerprint density at radius 3 is 2.66 bits per heavy atom. The van der Waals surface area contributed by atoms with E-state index in [-0.39, 0.29) is 29.8 Å². The van der Waals surface area contributed by atoms with Crippen molar-refractivity contribution >= 4 is 40.8 Å². The lowest BCUT2D eigenvalue weighted by Crippen LogP contribution is -2.38. The van der Waals surface area contributed by atoms with Crippen molar-refractivity contribution < 1.29 is 4.39 Å². The van der Waals surface area contributed by atoms with Crippen LogP contribution in [0.2, 0.25) is 0 Å². The molecule has 0 saturated carbocycles. The molecule has 8 heteroatoms. The van der Waals surface area contributed by atoms with Crippen molar-refractivity contribution in [2.75, 3.05) is 13.6 Å². The van der Waals surface area contributed by atoms with Crippen LogP contribution in [0, 0.1) is 19.7 Å². The zero-order valence-corrected chi connectivity index (χ0v) is 20.8. The Kier molecular flexibility index (Phi) is 7.89. The molecule has 3 N–H and O–H groups in total. The van der Waals surface area contributed by atoms with Crippen molar-refractivity contribution in [3.05, 3.63) is 83.1 Å². The molecule has 4 aromatic rings. The lowest BCUT2D eigenvalue weighted by atomic mass is 10.1. The number of hydrogen-bond donors (Lipinski definition) is 3. The van der Waals surface area contributed by atoms with Crippen LogP contribution in [0.3, 0.4) is 0 Å². The van der Waals surface area contributed by atoms with E-state index in [1.165, 1.54) is 12.1 Å². The number of aryl methyl sites for hydroxylation is 2. The second-order valence-electron chi connectivity index (χ2n) is 7.57. The fourth-order valence-electron chi connectivity index (χ4n) is 3.82. The van der Waals surface area contributed by atoms with Gasteiger partial charge >= 0.3 is 0 Å². The number of benzene rings is 2. The van der Waals surface area contributed by atoms with Gasteiger partial charge in [-0.25, -0.2) is 9.07 Å². The summed E-state index contributed by atoms with van der Waals surface area (Å²) in [6.45, 7) is 5.40. The molecule has 2 aromatic heterocycles. The van der Waals surface area contributed by atoms with E-state index in [2.05, 4.69) is 50.8 Å². The van der Waals surface area contributed by atoms with Crippen molar-refractivity contribution in [2.24, 2.45) is 4.99 Å². The molecule has 0 saturated heterocycles. The molecule has 0 aliphatic rings. The van der Waals surface area contributed by atoms with Gasteiger partial charge < -0.3 is 15.6 Å². The Morgan fingerprint density at radius 1 is 1.09 bits per heavy atom. The van der Waals surface area contributed by atoms with Crippen LogP contribution in [0.25, 0.3) is 16.6 Å². The fourth-order valence-corrected chi connectivity index (χ4v) is 3.82. The zero-order chi connectivity index (χ0) is 21.8. The number of aromatic amines is 1. The highest BCUT2D eigenvalue weighted by Crippen LogP contribution is 2.19. The SMILES string of the molecule is CN=C(NCCc1c[nH]c2cc(F)ccc12)NCc1ccccc1-n1nc(C)cc1C.I. The van der Waals surface area contributed by atoms with E-state index in [1.54, 1.807) is 7.05 Å². The van der Waals surface area contributed by atoms with E-state index in [9.17, 15) is 4.39 Å². The molecular weight excluding hydrogens is 518 g/mol. The Labute approximate surface area is 204 Å². The highest BCUT2D eigenvalue weighted by molar-refractivity contribution is 14.0. The maximum absolute atomic E-state index is 13.4. The summed E-state index contributed by atoms with van der Waals surface area (Å²) in [7, 11) is 1.76. The molecule has 0 radical (unpaired) electrons. The average Bonchev–Trinajstić information content (AvgIpc) is 3.32. The lowest BCUT2D eigenvalue weighted by molar-refractivity contribution is 0.629. The number of nitrogens with one attached hydrogen (secondary N) is 3. The van der Waals surface area contributed by atoms with Gasteiger partial charge in [0.05, 0.1) is 11.4 Å². The molecule has 168 valence electrons. The van der Waals surface area contributed by atoms with Crippen LogP contribution in [0.1, 0.15) is 22.5 Å². The highest BCUT2D eigenvalue weighted by atomic mass is 127. The summed E-state index contributed by atoms with van der Waals surface area (Å²) in [4.78, 5) is 7.47. The van der Waals surface area contributed by atoms with Gasteiger partial charge in [-0.1, -0.05) is 18.2 Å². The monoisotopic (exact) mass is 546 g/mol. The first kappa shape index (κ1) is 23.8. The van der Waals surface area contributed by atoms with Gasteiger partial charge in [-0.2, -0.15) is 5.10 Å². The predicted molar refractivity (Wildman–Crippen MR) is 139 cm³/mol. The summed E-state index contributed by atoms with van der Waals surface area (Å²) < 4.78 is 15.3. The molecule has 2 heterocycles. The number of guanidine groups is 1. The Balaban J connectivity index is 0.00000289. The third-order valence-electron chi connectivity index (χ3n) is 5.32. The third-order valence-corrected chi connectivity index (χ3v) is 5.32. The van der Waals surface area contributed by atoms with Crippen LogP contribution < -0.4 is 10.6 Å². The number of nitrogens with zero attached hydrogens (tertiary/aromatic N) is 3. The number of fused-ring (bicyclic) bond motifs is 1. The first-order chi connectivity index (χ1) is 15.0. The number of aromatic nitrogens is 3. The Morgan fingerprint density at radius 2 is 1.91 bits per heavy atom. The molecule has 0 fully saturated rings. The van der Waals surface area contributed by atoms with Crippen molar-refractivity contribution in [3.8, 4) is 5.69 Å². The van der Waals surface area contributed by atoms with Crippen LogP contribution >= 0.6 is 24.0 Å². The molecule has 2 aromatic carbocycles. The molecule has 6 nitrogen and oxygen atoms in total. The Bertz CT molecular complexity index is 1230. The topological polar surface area (TPSA) is 70.0 Å². The molecule has 0 atom stereocenters. The summed E-state index contributed by atoms with van der Waals surface area (Å²) in [6.07, 6.45) is 2.74. The zero-order valence-electron chi connectivity index (χ0n) is 18.4. The third kappa shape index (κ3) is 5.29. The number of halogens is 2. The van der Waals surface area contributed by atoms with Crippen molar-refractivity contribution in [2.45, 2.75) is 26.8 Å². The Hall–Kier alpha value is -2.88. The molecule has 0 aliphatic heterocycles. The maximum Gasteiger partial charge on any atom is 0.191 e. The first-order valence-electron chi connectivity index (χ1n) is 10.4. The maximum atomic E-state index is 13.4. The summed E-state index contributed by atoms with van der Waals surface area (Å²) in [5.74, 6) is 0.499. The average molecular weight is 546 g/mol. The van der Waals surface area contributed by atoms with Crippen LogP contribution in [-0.2, 0) is 13.0 Å². The summed E-state index contributed by atoms with van der Waals surface area (Å²) >= 11 is 0. The van der Waals surface area contributed by atoms with Crippen LogP contribution in [0.4, 0.5) is 4.39 Å². The molecule has 0 bridgehead atoms. The lowest BCUT2D eigenvalue weighted by Gasteiger charge is -2.15. The largest absolute Gasteiger partial charge is 0.361 e. The number of aliphatic imine (C=N–C) groups is 1. The van der Waals surface area contributed by atoms with Crippen LogP contribution in [0.5, 0.6) is 0 Å². The van der Waals surface area contributed by atoms with Gasteiger partial charge in [0.25, 0.3) is 0 Å². The molecule has 0 spiro atoms. The van der Waals surface area contributed by atoms with E-state index in [0.717, 1.165) is 51.5 Å². The van der Waals surface area contributed by atoms with Crippen LogP contribution in [0.15, 0.2) is 59.7 Å². The first-order valence-corrected chi connectivity index (χ1v) is 10.4. The second kappa shape index (κ2) is 10.6. The van der Waals surface area contributed by atoms with Gasteiger partial charge in [-0.3, -0.25) is 4.99 Å². The van der Waals surface area contributed by atoms with Gasteiger partial charge in [0, 0.05) is 42.9 Å². The minimum Gasteiger partial charge on any atom is -0.361 e. The van der Waals surface area contributed by atoms with Crippen molar-refractivity contribution in [3.63, 3.8) is 0 Å². The van der Waals surface area contributed by atoms with E-state index in [4.69, 9.17) is 0 Å². The summed E-state index contributed by atoms with van der Waals surface area (Å²) in [6, 6.07) is 15.1. The minimum absolute atomic E-state index is 0. The van der Waals surface area contributed by atoms with E-state index < -0.39 is 0 Å². The minimum atomic E-state index is -0.232. The molecule has 0 unspecified atom stereocenters. The smallest absolute Gasteiger partial charge is 0.191 e. The number of H-pyrrole nitrogens is 1. The normalized spacial score (nSPS) is 11.4. The molecule has 0 amide bonds. The van der Waals surface area contributed by atoms with Gasteiger partial charge in [0.15, 0.2) is 5.96 Å². The number of rotatable bonds is 6. The second-order valence-corrected chi connectivity index (χ2v) is 7.57. The standard InChI is InChI=1S/C24H27FN6.HI/c1-16-12-17(2)31(30-16)23-7-5-4-6-19(23)15-29-24(26-3)27-11-10-18-14-28-22-13-20(25)8-9-21(18)22;/h4-9,12-14,28H,10-11,15H2,1-3H3,(H2,26,27,29);1H. The van der Waals surface area contributed by atoms with Crippen LogP contribution in [-0.4, -0.2) is 34.3 Å². The van der Waals surface area contributed by atoms with E-state index >= 15 is 0 Å². The number of para-hydroxylation sites is 1. The predicted octanol–water partition coefficient (Wildman–Crippen LogP) is 4.64. The van der Waals surface area contributed by atoms with E-state index in [1.807, 2.05) is 36.0 Å². The molecule has 4 rings (SSSR count). The molecule has 32 heavy (non-hydrogen) atoms. The van der Waals surface area contributed by atoms with Gasteiger partial charge in [0.1, 0.15) is 5.82 Å². The summed E-state index contributed by atoms with van der Waals surface area (Å²) in [5, 5.41) is 12.4. The number of hydrogen-bond acceptors (Lipinski definition) is 2. The van der Waals surface area contributed by atoms with Crippen molar-refractivity contribution in [1.82, 2.24) is 25.4 Å². The van der Waals surface area contributed by atoms with Gasteiger partial charge in [-0.05, 0) is 61.7 Å². The van der Waals surface area contributed by atoms with Gasteiger partial charge in [-0.15, -0.1) is 24.0 Å².